The predicted molar refractivity (Wildman–Crippen MR) is 55.5 cm³/mol. The Balaban J connectivity index is 1.87. The molecule has 5 heteroatoms. The van der Waals surface area contributed by atoms with Crippen LogP contribution in [0.2, 0.25) is 0 Å². The summed E-state index contributed by atoms with van der Waals surface area (Å²) < 4.78 is 0. The third-order valence-electron chi connectivity index (χ3n) is 2.30. The summed E-state index contributed by atoms with van der Waals surface area (Å²) >= 11 is 1.44. The monoisotopic (exact) mass is 211 g/mol. The Morgan fingerprint density at radius 2 is 2.64 bits per heavy atom. The molecule has 2 rings (SSSR count). The number of carbonyl (C=O) groups excluding carboxylic acids is 1. The van der Waals surface area contributed by atoms with Crippen molar-refractivity contribution < 1.29 is 4.79 Å². The Labute approximate surface area is 86.7 Å². The molecule has 1 aliphatic heterocycles. The number of aromatic nitrogens is 1. The molecule has 2 heterocycles. The van der Waals surface area contributed by atoms with Crippen molar-refractivity contribution in [3.63, 3.8) is 0 Å². The average Bonchev–Trinajstić information content (AvgIpc) is 2.72. The van der Waals surface area contributed by atoms with Gasteiger partial charge < -0.3 is 10.6 Å². The van der Waals surface area contributed by atoms with Gasteiger partial charge in [0, 0.05) is 18.0 Å². The standard InChI is InChI=1S/C9H13N3OS/c13-9(8-5-14-6-11-8)12-7-2-1-3-10-4-7/h5-7,10H,1-4H2,(H,12,13). The highest BCUT2D eigenvalue weighted by molar-refractivity contribution is 7.07. The maximum atomic E-state index is 11.6. The van der Waals surface area contributed by atoms with Crippen molar-refractivity contribution in [1.29, 1.82) is 0 Å². The van der Waals surface area contributed by atoms with E-state index >= 15 is 0 Å². The maximum absolute atomic E-state index is 11.6. The zero-order valence-corrected chi connectivity index (χ0v) is 8.64. The van der Waals surface area contributed by atoms with Crippen LogP contribution in [0.5, 0.6) is 0 Å². The van der Waals surface area contributed by atoms with Crippen LogP contribution < -0.4 is 10.6 Å². The first-order chi connectivity index (χ1) is 6.86. The molecule has 1 unspecified atom stereocenters. The molecular formula is C9H13N3OS. The Hall–Kier alpha value is -0.940. The van der Waals surface area contributed by atoms with Crippen LogP contribution in [0.4, 0.5) is 0 Å². The van der Waals surface area contributed by atoms with Crippen molar-refractivity contribution in [3.05, 3.63) is 16.6 Å². The van der Waals surface area contributed by atoms with Gasteiger partial charge in [-0.3, -0.25) is 4.79 Å². The number of thiazole rings is 1. The van der Waals surface area contributed by atoms with Crippen LogP contribution in [0.15, 0.2) is 10.9 Å². The minimum absolute atomic E-state index is 0.0556. The summed E-state index contributed by atoms with van der Waals surface area (Å²) in [6, 6.07) is 0.262. The number of nitrogens with zero attached hydrogens (tertiary/aromatic N) is 1. The van der Waals surface area contributed by atoms with Gasteiger partial charge in [-0.05, 0) is 19.4 Å². The molecule has 0 aromatic carbocycles. The Kier molecular flexibility index (Phi) is 3.10. The van der Waals surface area contributed by atoms with E-state index in [1.54, 1.807) is 10.9 Å². The second kappa shape index (κ2) is 4.52. The fourth-order valence-corrected chi connectivity index (χ4v) is 2.09. The fourth-order valence-electron chi connectivity index (χ4n) is 1.56. The number of amides is 1. The molecule has 1 aromatic rings. The molecule has 0 saturated carbocycles. The summed E-state index contributed by atoms with van der Waals surface area (Å²) in [5, 5.41) is 7.99. The highest BCUT2D eigenvalue weighted by atomic mass is 32.1. The fraction of sp³-hybridized carbons (Fsp3) is 0.556. The van der Waals surface area contributed by atoms with Gasteiger partial charge in [-0.15, -0.1) is 11.3 Å². The van der Waals surface area contributed by atoms with Gasteiger partial charge in [0.1, 0.15) is 5.69 Å². The summed E-state index contributed by atoms with van der Waals surface area (Å²) in [5.41, 5.74) is 2.20. The van der Waals surface area contributed by atoms with E-state index in [4.69, 9.17) is 0 Å². The van der Waals surface area contributed by atoms with E-state index < -0.39 is 0 Å². The summed E-state index contributed by atoms with van der Waals surface area (Å²) in [7, 11) is 0. The molecule has 1 amide bonds. The highest BCUT2D eigenvalue weighted by Crippen LogP contribution is 2.04. The van der Waals surface area contributed by atoms with E-state index in [9.17, 15) is 4.79 Å². The van der Waals surface area contributed by atoms with E-state index in [-0.39, 0.29) is 11.9 Å². The third-order valence-corrected chi connectivity index (χ3v) is 2.88. The summed E-state index contributed by atoms with van der Waals surface area (Å²) in [6.45, 7) is 1.93. The van der Waals surface area contributed by atoms with E-state index in [2.05, 4.69) is 15.6 Å². The lowest BCUT2D eigenvalue weighted by atomic mass is 10.1. The van der Waals surface area contributed by atoms with Gasteiger partial charge in [-0.2, -0.15) is 0 Å². The van der Waals surface area contributed by atoms with Crippen molar-refractivity contribution in [2.24, 2.45) is 0 Å². The minimum atomic E-state index is -0.0556. The van der Waals surface area contributed by atoms with E-state index in [1.807, 2.05) is 0 Å². The number of hydrogen-bond donors (Lipinski definition) is 2. The van der Waals surface area contributed by atoms with Gasteiger partial charge in [-0.25, -0.2) is 4.98 Å². The molecule has 0 radical (unpaired) electrons. The van der Waals surface area contributed by atoms with Gasteiger partial charge in [-0.1, -0.05) is 0 Å². The quantitative estimate of drug-likeness (QED) is 0.754. The molecule has 0 spiro atoms. The average molecular weight is 211 g/mol. The lowest BCUT2D eigenvalue weighted by molar-refractivity contribution is 0.0926. The highest BCUT2D eigenvalue weighted by Gasteiger charge is 2.16. The van der Waals surface area contributed by atoms with Crippen molar-refractivity contribution in [1.82, 2.24) is 15.6 Å². The molecule has 1 fully saturated rings. The topological polar surface area (TPSA) is 54.0 Å². The number of hydrogen-bond acceptors (Lipinski definition) is 4. The molecule has 4 nitrogen and oxygen atoms in total. The van der Waals surface area contributed by atoms with E-state index in [0.29, 0.717) is 5.69 Å². The Morgan fingerprint density at radius 3 is 3.29 bits per heavy atom. The predicted octanol–water partition coefficient (Wildman–Crippen LogP) is 0.625. The van der Waals surface area contributed by atoms with Crippen LogP contribution in [-0.2, 0) is 0 Å². The first kappa shape index (κ1) is 9.61. The molecule has 14 heavy (non-hydrogen) atoms. The summed E-state index contributed by atoms with van der Waals surface area (Å²) in [6.07, 6.45) is 2.19. The van der Waals surface area contributed by atoms with Crippen molar-refractivity contribution in [2.45, 2.75) is 18.9 Å². The van der Waals surface area contributed by atoms with Crippen molar-refractivity contribution in [3.8, 4) is 0 Å². The second-order valence-electron chi connectivity index (χ2n) is 3.39. The maximum Gasteiger partial charge on any atom is 0.271 e. The second-order valence-corrected chi connectivity index (χ2v) is 4.11. The Morgan fingerprint density at radius 1 is 1.71 bits per heavy atom. The molecule has 2 N–H and O–H groups in total. The number of carbonyl (C=O) groups is 1. The van der Waals surface area contributed by atoms with Crippen LogP contribution in [0, 0.1) is 0 Å². The van der Waals surface area contributed by atoms with E-state index in [0.717, 1.165) is 25.9 Å². The zero-order valence-electron chi connectivity index (χ0n) is 7.82. The normalized spacial score (nSPS) is 21.9. The largest absolute Gasteiger partial charge is 0.347 e. The SMILES string of the molecule is O=C(NC1CCCNC1)c1cscn1. The molecule has 1 aliphatic rings. The lowest BCUT2D eigenvalue weighted by Gasteiger charge is -2.23. The van der Waals surface area contributed by atoms with Crippen molar-refractivity contribution >= 4 is 17.2 Å². The zero-order chi connectivity index (χ0) is 9.80. The Bertz CT molecular complexity index is 293. The van der Waals surface area contributed by atoms with Gasteiger partial charge in [0.2, 0.25) is 0 Å². The van der Waals surface area contributed by atoms with Crippen molar-refractivity contribution in [2.75, 3.05) is 13.1 Å². The third kappa shape index (κ3) is 2.30. The molecule has 0 aliphatic carbocycles. The van der Waals surface area contributed by atoms with Crippen LogP contribution in [0.3, 0.4) is 0 Å². The summed E-state index contributed by atoms with van der Waals surface area (Å²) in [4.78, 5) is 15.5. The minimum Gasteiger partial charge on any atom is -0.347 e. The van der Waals surface area contributed by atoms with Gasteiger partial charge in [0.25, 0.3) is 5.91 Å². The molecule has 76 valence electrons. The van der Waals surface area contributed by atoms with Crippen LogP contribution >= 0.6 is 11.3 Å². The summed E-state index contributed by atoms with van der Waals surface area (Å²) in [5.74, 6) is -0.0556. The molecule has 0 bridgehead atoms. The molecule has 1 aromatic heterocycles. The first-order valence-corrected chi connectivity index (χ1v) is 5.70. The van der Waals surface area contributed by atoms with Crippen LogP contribution in [-0.4, -0.2) is 30.0 Å². The van der Waals surface area contributed by atoms with E-state index in [1.165, 1.54) is 11.3 Å². The first-order valence-electron chi connectivity index (χ1n) is 4.76. The van der Waals surface area contributed by atoms with Gasteiger partial charge in [0.15, 0.2) is 0 Å². The molecular weight excluding hydrogens is 198 g/mol. The smallest absolute Gasteiger partial charge is 0.271 e. The van der Waals surface area contributed by atoms with Crippen LogP contribution in [0.25, 0.3) is 0 Å². The molecule has 1 saturated heterocycles. The lowest BCUT2D eigenvalue weighted by Crippen LogP contribution is -2.45. The molecule has 1 atom stereocenters. The number of piperidine rings is 1. The number of nitrogens with one attached hydrogen (secondary N) is 2. The van der Waals surface area contributed by atoms with Gasteiger partial charge >= 0.3 is 0 Å². The van der Waals surface area contributed by atoms with Gasteiger partial charge in [0.05, 0.1) is 5.51 Å². The van der Waals surface area contributed by atoms with Crippen LogP contribution in [0.1, 0.15) is 23.3 Å². The number of rotatable bonds is 2.